The quantitative estimate of drug-likeness (QED) is 0.675. The lowest BCUT2D eigenvalue weighted by molar-refractivity contribution is -0.133. The molecule has 8 nitrogen and oxygen atoms in total. The number of hydrogen-bond donors (Lipinski definition) is 3. The van der Waals surface area contributed by atoms with Crippen LogP contribution >= 0.6 is 11.3 Å². The first-order valence-corrected chi connectivity index (χ1v) is 8.99. The third-order valence-corrected chi connectivity index (χ3v) is 5.22. The molecule has 1 aromatic heterocycles. The summed E-state index contributed by atoms with van der Waals surface area (Å²) in [5, 5.41) is 7.05. The molecule has 0 radical (unpaired) electrons. The van der Waals surface area contributed by atoms with Gasteiger partial charge in [-0.15, -0.1) is 11.3 Å². The van der Waals surface area contributed by atoms with Crippen molar-refractivity contribution in [3.05, 3.63) is 52.4 Å². The van der Waals surface area contributed by atoms with E-state index in [-0.39, 0.29) is 10.6 Å². The molecule has 0 bridgehead atoms. The van der Waals surface area contributed by atoms with Crippen LogP contribution in [0.1, 0.15) is 28.4 Å². The van der Waals surface area contributed by atoms with Crippen LogP contribution in [0.4, 0.5) is 9.80 Å². The van der Waals surface area contributed by atoms with E-state index in [1.807, 2.05) is 19.1 Å². The van der Waals surface area contributed by atoms with Crippen molar-refractivity contribution in [2.24, 2.45) is 5.73 Å². The highest BCUT2D eigenvalue weighted by molar-refractivity contribution is 7.14. The standard InChI is InChI=1S/C18H18N4O4S/c1-10-3-5-11(6-4-10)18(2)16(25)22(17(26)21-18)9-13(23)20-15-12(14(19)24)7-8-27-15/h3-8H,9H2,1-2H3,(H2,19,24)(H,20,23)(H,21,26). The van der Waals surface area contributed by atoms with Crippen LogP contribution in [0.3, 0.4) is 0 Å². The molecule has 2 heterocycles. The Hall–Kier alpha value is -3.20. The van der Waals surface area contributed by atoms with Gasteiger partial charge < -0.3 is 16.4 Å². The Kier molecular flexibility index (Phi) is 4.71. The average Bonchev–Trinajstić information content (AvgIpc) is 3.15. The Balaban J connectivity index is 1.75. The van der Waals surface area contributed by atoms with Crippen molar-refractivity contribution in [3.8, 4) is 0 Å². The number of imide groups is 1. The summed E-state index contributed by atoms with van der Waals surface area (Å²) < 4.78 is 0. The number of nitrogens with zero attached hydrogens (tertiary/aromatic N) is 1. The summed E-state index contributed by atoms with van der Waals surface area (Å²) in [6.07, 6.45) is 0. The van der Waals surface area contributed by atoms with Crippen molar-refractivity contribution in [2.45, 2.75) is 19.4 Å². The van der Waals surface area contributed by atoms with Crippen LogP contribution in [0.25, 0.3) is 0 Å². The predicted octanol–water partition coefficient (Wildman–Crippen LogP) is 1.56. The van der Waals surface area contributed by atoms with Gasteiger partial charge in [-0.25, -0.2) is 4.79 Å². The highest BCUT2D eigenvalue weighted by atomic mass is 32.1. The second-order valence-electron chi connectivity index (χ2n) is 6.39. The molecule has 1 aliphatic heterocycles. The molecule has 1 atom stereocenters. The fraction of sp³-hybridized carbons (Fsp3) is 0.222. The van der Waals surface area contributed by atoms with E-state index in [9.17, 15) is 19.2 Å². The number of thiophene rings is 1. The highest BCUT2D eigenvalue weighted by Crippen LogP contribution is 2.29. The maximum Gasteiger partial charge on any atom is 0.325 e. The first kappa shape index (κ1) is 18.6. The first-order chi connectivity index (χ1) is 12.7. The van der Waals surface area contributed by atoms with E-state index >= 15 is 0 Å². The van der Waals surface area contributed by atoms with Gasteiger partial charge in [0.05, 0.1) is 5.56 Å². The third kappa shape index (κ3) is 3.41. The fourth-order valence-corrected chi connectivity index (χ4v) is 3.64. The minimum atomic E-state index is -1.24. The monoisotopic (exact) mass is 386 g/mol. The number of aryl methyl sites for hydroxylation is 1. The summed E-state index contributed by atoms with van der Waals surface area (Å²) in [5.74, 6) is -1.79. The molecule has 1 aromatic carbocycles. The Labute approximate surface area is 159 Å². The number of anilines is 1. The van der Waals surface area contributed by atoms with E-state index in [4.69, 9.17) is 5.73 Å². The van der Waals surface area contributed by atoms with Crippen molar-refractivity contribution in [3.63, 3.8) is 0 Å². The van der Waals surface area contributed by atoms with Gasteiger partial charge in [0.1, 0.15) is 17.1 Å². The van der Waals surface area contributed by atoms with Crippen LogP contribution in [-0.2, 0) is 15.1 Å². The normalized spacial score (nSPS) is 19.1. The van der Waals surface area contributed by atoms with E-state index in [1.165, 1.54) is 6.07 Å². The predicted molar refractivity (Wildman–Crippen MR) is 100 cm³/mol. The molecular weight excluding hydrogens is 368 g/mol. The van der Waals surface area contributed by atoms with Crippen molar-refractivity contribution in [1.29, 1.82) is 0 Å². The lowest BCUT2D eigenvalue weighted by Gasteiger charge is -2.22. The summed E-state index contributed by atoms with van der Waals surface area (Å²) in [5.41, 5.74) is 5.83. The van der Waals surface area contributed by atoms with Crippen molar-refractivity contribution < 1.29 is 19.2 Å². The van der Waals surface area contributed by atoms with Gasteiger partial charge in [-0.1, -0.05) is 29.8 Å². The zero-order chi connectivity index (χ0) is 19.8. The average molecular weight is 386 g/mol. The van der Waals surface area contributed by atoms with Crippen LogP contribution in [-0.4, -0.2) is 35.2 Å². The number of urea groups is 1. The summed E-state index contributed by atoms with van der Waals surface area (Å²) in [6, 6.07) is 8.06. The second-order valence-corrected chi connectivity index (χ2v) is 7.30. The number of nitrogens with two attached hydrogens (primary N) is 1. The minimum absolute atomic E-state index is 0.176. The zero-order valence-electron chi connectivity index (χ0n) is 14.7. The fourth-order valence-electron chi connectivity index (χ4n) is 2.83. The Morgan fingerprint density at radius 2 is 1.89 bits per heavy atom. The largest absolute Gasteiger partial charge is 0.366 e. The summed E-state index contributed by atoms with van der Waals surface area (Å²) in [7, 11) is 0. The number of rotatable bonds is 5. The van der Waals surface area contributed by atoms with Gasteiger partial charge in [-0.05, 0) is 30.9 Å². The van der Waals surface area contributed by atoms with Crippen molar-refractivity contribution in [1.82, 2.24) is 10.2 Å². The Morgan fingerprint density at radius 3 is 2.52 bits per heavy atom. The molecule has 0 spiro atoms. The van der Waals surface area contributed by atoms with E-state index in [1.54, 1.807) is 24.4 Å². The molecule has 1 saturated heterocycles. The van der Waals surface area contributed by atoms with Gasteiger partial charge >= 0.3 is 6.03 Å². The lowest BCUT2D eigenvalue weighted by atomic mass is 9.91. The molecule has 0 aliphatic carbocycles. The molecule has 0 saturated carbocycles. The van der Waals surface area contributed by atoms with Crippen LogP contribution in [0.15, 0.2) is 35.7 Å². The molecule has 1 fully saturated rings. The Morgan fingerprint density at radius 1 is 1.22 bits per heavy atom. The van der Waals surface area contributed by atoms with E-state index in [2.05, 4.69) is 10.6 Å². The summed E-state index contributed by atoms with van der Waals surface area (Å²) >= 11 is 1.13. The van der Waals surface area contributed by atoms with Gasteiger partial charge in [0, 0.05) is 0 Å². The number of amides is 5. The molecule has 1 unspecified atom stereocenters. The van der Waals surface area contributed by atoms with Crippen LogP contribution in [0, 0.1) is 6.92 Å². The maximum absolute atomic E-state index is 12.8. The second kappa shape index (κ2) is 6.84. The Bertz CT molecular complexity index is 937. The lowest BCUT2D eigenvalue weighted by Crippen LogP contribution is -2.42. The third-order valence-electron chi connectivity index (χ3n) is 4.39. The smallest absolute Gasteiger partial charge is 0.325 e. The molecule has 9 heteroatoms. The first-order valence-electron chi connectivity index (χ1n) is 8.11. The molecule has 5 amide bonds. The molecule has 2 aromatic rings. The van der Waals surface area contributed by atoms with E-state index in [0.29, 0.717) is 5.56 Å². The molecular formula is C18H18N4O4S. The summed E-state index contributed by atoms with van der Waals surface area (Å²) in [4.78, 5) is 49.6. The number of carbonyl (C=O) groups excluding carboxylic acids is 4. The minimum Gasteiger partial charge on any atom is -0.366 e. The SMILES string of the molecule is Cc1ccc(C2(C)NC(=O)N(CC(=O)Nc3sccc3C(N)=O)C2=O)cc1. The van der Waals surface area contributed by atoms with Gasteiger partial charge in [-0.3, -0.25) is 19.3 Å². The molecule has 27 heavy (non-hydrogen) atoms. The molecule has 1 aliphatic rings. The van der Waals surface area contributed by atoms with Gasteiger partial charge in [0.25, 0.3) is 11.8 Å². The number of carbonyl (C=O) groups is 4. The number of primary amides is 1. The van der Waals surface area contributed by atoms with Gasteiger partial charge in [0.2, 0.25) is 5.91 Å². The van der Waals surface area contributed by atoms with Crippen molar-refractivity contribution >= 4 is 40.1 Å². The van der Waals surface area contributed by atoms with Crippen LogP contribution in [0.5, 0.6) is 0 Å². The number of benzene rings is 1. The molecule has 140 valence electrons. The number of hydrogen-bond acceptors (Lipinski definition) is 5. The van der Waals surface area contributed by atoms with Gasteiger partial charge in [-0.2, -0.15) is 0 Å². The van der Waals surface area contributed by atoms with Crippen LogP contribution < -0.4 is 16.4 Å². The van der Waals surface area contributed by atoms with E-state index in [0.717, 1.165) is 21.8 Å². The van der Waals surface area contributed by atoms with Crippen LogP contribution in [0.2, 0.25) is 0 Å². The van der Waals surface area contributed by atoms with Gasteiger partial charge in [0.15, 0.2) is 0 Å². The summed E-state index contributed by atoms with van der Waals surface area (Å²) in [6.45, 7) is 3.05. The zero-order valence-corrected chi connectivity index (χ0v) is 15.6. The maximum atomic E-state index is 12.8. The highest BCUT2D eigenvalue weighted by Gasteiger charge is 2.49. The topological polar surface area (TPSA) is 122 Å². The van der Waals surface area contributed by atoms with Crippen molar-refractivity contribution in [2.75, 3.05) is 11.9 Å². The molecule has 4 N–H and O–H groups in total. The number of nitrogens with one attached hydrogen (secondary N) is 2. The molecule has 3 rings (SSSR count). The van der Waals surface area contributed by atoms with E-state index < -0.39 is 35.8 Å².